The maximum absolute atomic E-state index is 12.6. The van der Waals surface area contributed by atoms with Crippen LogP contribution in [0.3, 0.4) is 0 Å². The number of benzene rings is 1. The van der Waals surface area contributed by atoms with Gasteiger partial charge >= 0.3 is 0 Å². The van der Waals surface area contributed by atoms with Crippen LogP contribution in [0.1, 0.15) is 52.9 Å². The number of rotatable bonds is 6. The Labute approximate surface area is 173 Å². The normalized spacial score (nSPS) is 25.6. The minimum absolute atomic E-state index is 0.0139. The fourth-order valence-electron chi connectivity index (χ4n) is 3.53. The summed E-state index contributed by atoms with van der Waals surface area (Å²) in [6, 6.07) is 7.29. The van der Waals surface area contributed by atoms with Crippen LogP contribution in [0.5, 0.6) is 5.75 Å². The molecular weight excluding hydrogens is 392 g/mol. The number of anilines is 1. The summed E-state index contributed by atoms with van der Waals surface area (Å²) >= 11 is 0. The van der Waals surface area contributed by atoms with Crippen LogP contribution >= 0.6 is 0 Å². The summed E-state index contributed by atoms with van der Waals surface area (Å²) in [5.41, 5.74) is 0.737. The number of ether oxygens (including phenoxy) is 2. The van der Waals surface area contributed by atoms with Gasteiger partial charge in [-0.15, -0.1) is 0 Å². The quantitative estimate of drug-likeness (QED) is 0.732. The number of nitrogens with one attached hydrogen (secondary N) is 2. The van der Waals surface area contributed by atoms with Crippen molar-refractivity contribution in [3.63, 3.8) is 0 Å². The second-order valence-electron chi connectivity index (χ2n) is 8.90. The van der Waals surface area contributed by atoms with E-state index in [1.165, 1.54) is 0 Å². The largest absolute Gasteiger partial charge is 0.488 e. The van der Waals surface area contributed by atoms with Crippen LogP contribution in [0.15, 0.2) is 24.3 Å². The van der Waals surface area contributed by atoms with Crippen LogP contribution in [0.2, 0.25) is 0 Å². The van der Waals surface area contributed by atoms with E-state index in [2.05, 4.69) is 10.0 Å². The molecule has 1 aromatic rings. The van der Waals surface area contributed by atoms with Crippen LogP contribution in [-0.2, 0) is 19.6 Å². The zero-order valence-corrected chi connectivity index (χ0v) is 18.3. The smallest absolute Gasteiger partial charge is 0.227 e. The molecule has 0 radical (unpaired) electrons. The maximum Gasteiger partial charge on any atom is 0.227 e. The third kappa shape index (κ3) is 5.93. The van der Waals surface area contributed by atoms with Crippen molar-refractivity contribution in [3.05, 3.63) is 24.3 Å². The van der Waals surface area contributed by atoms with Gasteiger partial charge in [-0.3, -0.25) is 4.79 Å². The Kier molecular flexibility index (Phi) is 6.86. The number of amides is 1. The molecule has 2 N–H and O–H groups in total. The predicted octanol–water partition coefficient (Wildman–Crippen LogP) is 3.07. The van der Waals surface area contributed by atoms with Crippen molar-refractivity contribution in [2.45, 2.75) is 69.8 Å². The Bertz CT molecular complexity index is 787. The molecular formula is C21H32N2O5S. The van der Waals surface area contributed by atoms with Gasteiger partial charge in [0.25, 0.3) is 0 Å². The standard InChI is InChI=1S/C21H32N2O5S/c1-21(2,3)29(25,26)23-17-6-4-15(5-7-17)20(24)22-16-8-10-18(11-9-16)28-19-12-13-27-14-19/h8-11,15,17,19,23H,4-7,12-14H2,1-3H3,(H,22,24). The molecule has 1 heterocycles. The third-order valence-electron chi connectivity index (χ3n) is 5.54. The van der Waals surface area contributed by atoms with E-state index >= 15 is 0 Å². The van der Waals surface area contributed by atoms with Gasteiger partial charge in [0.05, 0.1) is 18.0 Å². The molecule has 0 aromatic heterocycles. The van der Waals surface area contributed by atoms with Gasteiger partial charge in [0.15, 0.2) is 0 Å². The highest BCUT2D eigenvalue weighted by atomic mass is 32.2. The second kappa shape index (κ2) is 9.02. The monoisotopic (exact) mass is 424 g/mol. The van der Waals surface area contributed by atoms with Gasteiger partial charge in [-0.2, -0.15) is 0 Å². The van der Waals surface area contributed by atoms with Gasteiger partial charge in [0.2, 0.25) is 15.9 Å². The first-order valence-corrected chi connectivity index (χ1v) is 11.8. The lowest BCUT2D eigenvalue weighted by molar-refractivity contribution is -0.120. The highest BCUT2D eigenvalue weighted by Crippen LogP contribution is 2.28. The lowest BCUT2D eigenvalue weighted by atomic mass is 9.86. The summed E-state index contributed by atoms with van der Waals surface area (Å²) in [6.07, 6.45) is 3.68. The van der Waals surface area contributed by atoms with E-state index in [0.717, 1.165) is 24.5 Å². The zero-order valence-electron chi connectivity index (χ0n) is 17.4. The van der Waals surface area contributed by atoms with E-state index in [1.54, 1.807) is 20.8 Å². The highest BCUT2D eigenvalue weighted by molar-refractivity contribution is 7.90. The topological polar surface area (TPSA) is 93.7 Å². The van der Waals surface area contributed by atoms with Gasteiger partial charge in [0.1, 0.15) is 11.9 Å². The predicted molar refractivity (Wildman–Crippen MR) is 112 cm³/mol. The van der Waals surface area contributed by atoms with Crippen LogP contribution < -0.4 is 14.8 Å². The number of hydrogen-bond acceptors (Lipinski definition) is 5. The molecule has 162 valence electrons. The molecule has 1 unspecified atom stereocenters. The molecule has 1 aliphatic heterocycles. The Morgan fingerprint density at radius 2 is 1.72 bits per heavy atom. The zero-order chi connectivity index (χ0) is 21.1. The summed E-state index contributed by atoms with van der Waals surface area (Å²) in [5, 5.41) is 2.96. The number of carbonyl (C=O) groups is 1. The Morgan fingerprint density at radius 1 is 1.07 bits per heavy atom. The molecule has 0 bridgehead atoms. The molecule has 2 aliphatic rings. The molecule has 2 fully saturated rings. The van der Waals surface area contributed by atoms with Crippen molar-refractivity contribution in [2.24, 2.45) is 5.92 Å². The molecule has 1 saturated carbocycles. The average molecular weight is 425 g/mol. The average Bonchev–Trinajstić information content (AvgIpc) is 3.16. The molecule has 29 heavy (non-hydrogen) atoms. The van der Waals surface area contributed by atoms with E-state index in [4.69, 9.17) is 9.47 Å². The van der Waals surface area contributed by atoms with Gasteiger partial charge < -0.3 is 14.8 Å². The van der Waals surface area contributed by atoms with Crippen molar-refractivity contribution in [1.82, 2.24) is 4.72 Å². The first-order chi connectivity index (χ1) is 13.6. The van der Waals surface area contributed by atoms with Crippen molar-refractivity contribution >= 4 is 21.6 Å². The van der Waals surface area contributed by atoms with Gasteiger partial charge in [-0.05, 0) is 70.7 Å². The summed E-state index contributed by atoms with van der Waals surface area (Å²) in [5.74, 6) is 0.655. The molecule has 1 atom stereocenters. The second-order valence-corrected chi connectivity index (χ2v) is 11.4. The molecule has 1 saturated heterocycles. The minimum Gasteiger partial charge on any atom is -0.488 e. The van der Waals surface area contributed by atoms with Crippen LogP contribution in [0.25, 0.3) is 0 Å². The SMILES string of the molecule is CC(C)(C)S(=O)(=O)NC1CCC(C(=O)Nc2ccc(OC3CCOC3)cc2)CC1. The van der Waals surface area contributed by atoms with E-state index in [0.29, 0.717) is 32.3 Å². The Balaban J connectivity index is 1.46. The Morgan fingerprint density at radius 3 is 2.28 bits per heavy atom. The molecule has 3 rings (SSSR count). The molecule has 0 spiro atoms. The number of hydrogen-bond donors (Lipinski definition) is 2. The van der Waals surface area contributed by atoms with Crippen molar-refractivity contribution in [2.75, 3.05) is 18.5 Å². The van der Waals surface area contributed by atoms with E-state index in [-0.39, 0.29) is 24.0 Å². The van der Waals surface area contributed by atoms with E-state index < -0.39 is 14.8 Å². The van der Waals surface area contributed by atoms with Crippen LogP contribution in [0.4, 0.5) is 5.69 Å². The maximum atomic E-state index is 12.6. The van der Waals surface area contributed by atoms with Crippen molar-refractivity contribution in [1.29, 1.82) is 0 Å². The van der Waals surface area contributed by atoms with Gasteiger partial charge in [-0.1, -0.05) is 0 Å². The summed E-state index contributed by atoms with van der Waals surface area (Å²) in [6.45, 7) is 6.41. The summed E-state index contributed by atoms with van der Waals surface area (Å²) in [4.78, 5) is 12.6. The molecule has 1 aromatic carbocycles. The van der Waals surface area contributed by atoms with Crippen molar-refractivity contribution in [3.8, 4) is 5.75 Å². The summed E-state index contributed by atoms with van der Waals surface area (Å²) < 4.78 is 37.7. The van der Waals surface area contributed by atoms with Crippen molar-refractivity contribution < 1.29 is 22.7 Å². The van der Waals surface area contributed by atoms with Gasteiger partial charge in [-0.25, -0.2) is 13.1 Å². The summed E-state index contributed by atoms with van der Waals surface area (Å²) in [7, 11) is -3.37. The fraction of sp³-hybridized carbons (Fsp3) is 0.667. The van der Waals surface area contributed by atoms with E-state index in [1.807, 2.05) is 24.3 Å². The third-order valence-corrected chi connectivity index (χ3v) is 7.79. The first kappa shape index (κ1) is 22.1. The van der Waals surface area contributed by atoms with Crippen LogP contribution in [0, 0.1) is 5.92 Å². The molecule has 7 nitrogen and oxygen atoms in total. The van der Waals surface area contributed by atoms with Crippen LogP contribution in [-0.4, -0.2) is 44.4 Å². The van der Waals surface area contributed by atoms with E-state index in [9.17, 15) is 13.2 Å². The lowest BCUT2D eigenvalue weighted by Crippen LogP contribution is -2.46. The molecule has 1 amide bonds. The number of sulfonamides is 1. The fourth-order valence-corrected chi connectivity index (χ4v) is 4.56. The first-order valence-electron chi connectivity index (χ1n) is 10.3. The van der Waals surface area contributed by atoms with Gasteiger partial charge in [0, 0.05) is 24.1 Å². The Hall–Kier alpha value is -1.64. The lowest BCUT2D eigenvalue weighted by Gasteiger charge is -2.30. The minimum atomic E-state index is -3.37. The number of carbonyl (C=O) groups excluding carboxylic acids is 1. The molecule has 1 aliphatic carbocycles. The molecule has 8 heteroatoms. The highest BCUT2D eigenvalue weighted by Gasteiger charge is 2.34.